The van der Waals surface area contributed by atoms with Gasteiger partial charge in [0.05, 0.1) is 16.8 Å². The summed E-state index contributed by atoms with van der Waals surface area (Å²) in [5, 5.41) is 4.03. The van der Waals surface area contributed by atoms with Crippen LogP contribution in [0.15, 0.2) is 30.5 Å². The van der Waals surface area contributed by atoms with E-state index < -0.39 is 0 Å². The maximum atomic E-state index is 12.5. The fourth-order valence-electron chi connectivity index (χ4n) is 4.56. The van der Waals surface area contributed by atoms with Crippen LogP contribution in [0.25, 0.3) is 21.3 Å². The predicted molar refractivity (Wildman–Crippen MR) is 135 cm³/mol. The first-order valence-electron chi connectivity index (χ1n) is 11.5. The fourth-order valence-corrected chi connectivity index (χ4v) is 5.97. The number of thiophene rings is 1. The lowest BCUT2D eigenvalue weighted by molar-refractivity contribution is -0.131. The molecule has 3 amide bonds. The Morgan fingerprint density at radius 2 is 2.00 bits per heavy atom. The van der Waals surface area contributed by atoms with Gasteiger partial charge in [-0.2, -0.15) is 0 Å². The lowest BCUT2D eigenvalue weighted by Gasteiger charge is -2.31. The highest BCUT2D eigenvalue weighted by Gasteiger charge is 2.30. The smallest absolute Gasteiger partial charge is 0.326 e. The van der Waals surface area contributed by atoms with Crippen molar-refractivity contribution in [3.05, 3.63) is 45.9 Å². The molecule has 4 heterocycles. The molecule has 3 aromatic rings. The molecule has 178 valence electrons. The van der Waals surface area contributed by atoms with Crippen molar-refractivity contribution in [3.8, 4) is 16.9 Å². The van der Waals surface area contributed by atoms with Crippen LogP contribution in [0.5, 0.6) is 5.75 Å². The van der Waals surface area contributed by atoms with Gasteiger partial charge >= 0.3 is 6.03 Å². The van der Waals surface area contributed by atoms with E-state index in [0.717, 1.165) is 63.5 Å². The van der Waals surface area contributed by atoms with Gasteiger partial charge in [0.25, 0.3) is 0 Å². The maximum Gasteiger partial charge on any atom is 0.326 e. The van der Waals surface area contributed by atoms with Crippen LogP contribution in [0.4, 0.5) is 4.79 Å². The van der Waals surface area contributed by atoms with Gasteiger partial charge in [0, 0.05) is 47.2 Å². The third kappa shape index (κ3) is 4.50. The lowest BCUT2D eigenvalue weighted by Crippen LogP contribution is -2.49. The van der Waals surface area contributed by atoms with Gasteiger partial charge in [0.1, 0.15) is 11.9 Å². The first kappa shape index (κ1) is 23.1. The molecule has 5 rings (SSSR count). The summed E-state index contributed by atoms with van der Waals surface area (Å²) in [6, 6.07) is 7.57. The van der Waals surface area contributed by atoms with Crippen LogP contribution in [0.3, 0.4) is 0 Å². The molecule has 2 aromatic heterocycles. The van der Waals surface area contributed by atoms with Crippen LogP contribution in [0.2, 0.25) is 5.02 Å². The summed E-state index contributed by atoms with van der Waals surface area (Å²) in [6.07, 6.45) is 4.20. The largest absolute Gasteiger partial charge is 0.489 e. The molecule has 2 saturated heterocycles. The van der Waals surface area contributed by atoms with Gasteiger partial charge in [-0.05, 0) is 62.7 Å². The molecule has 1 aromatic carbocycles. The summed E-state index contributed by atoms with van der Waals surface area (Å²) < 4.78 is 7.51. The van der Waals surface area contributed by atoms with Gasteiger partial charge in [0.15, 0.2) is 0 Å². The minimum Gasteiger partial charge on any atom is -0.489 e. The number of halogens is 1. The van der Waals surface area contributed by atoms with E-state index >= 15 is 0 Å². The van der Waals surface area contributed by atoms with Crippen LogP contribution in [0.1, 0.15) is 29.7 Å². The van der Waals surface area contributed by atoms with E-state index in [-0.39, 0.29) is 24.6 Å². The Labute approximate surface area is 207 Å². The van der Waals surface area contributed by atoms with Crippen molar-refractivity contribution in [1.82, 2.24) is 20.1 Å². The Morgan fingerprint density at radius 1 is 1.21 bits per heavy atom. The van der Waals surface area contributed by atoms with Gasteiger partial charge in [-0.15, -0.1) is 11.3 Å². The number of benzene rings is 1. The van der Waals surface area contributed by atoms with E-state index in [2.05, 4.69) is 10.3 Å². The summed E-state index contributed by atoms with van der Waals surface area (Å²) in [5.74, 6) is 0.707. The van der Waals surface area contributed by atoms with E-state index in [4.69, 9.17) is 16.3 Å². The molecule has 1 N–H and O–H groups in total. The number of piperidine rings is 1. The van der Waals surface area contributed by atoms with Crippen molar-refractivity contribution in [2.45, 2.75) is 38.8 Å². The van der Waals surface area contributed by atoms with Crippen LogP contribution < -0.4 is 10.1 Å². The number of hydrogen-bond donors (Lipinski definition) is 1. The second-order valence-electron chi connectivity index (χ2n) is 8.89. The van der Waals surface area contributed by atoms with Crippen LogP contribution in [0, 0.1) is 6.92 Å². The topological polar surface area (TPSA) is 74.8 Å². The van der Waals surface area contributed by atoms with Gasteiger partial charge in [-0.25, -0.2) is 4.79 Å². The number of aryl methyl sites for hydroxylation is 1. The van der Waals surface area contributed by atoms with Crippen LogP contribution in [-0.2, 0) is 11.3 Å². The van der Waals surface area contributed by atoms with Crippen molar-refractivity contribution in [2.24, 2.45) is 0 Å². The molecule has 0 radical (unpaired) electrons. The molecule has 2 aliphatic rings. The molecule has 0 spiro atoms. The Hall–Kier alpha value is -2.68. The molecule has 34 heavy (non-hydrogen) atoms. The number of nitrogens with zero attached hydrogens (tertiary/aromatic N) is 3. The molecule has 7 nitrogen and oxygen atoms in total. The minimum atomic E-state index is -0.259. The molecular formula is C25H27ClN4O3S. The third-order valence-electron chi connectivity index (χ3n) is 6.40. The predicted octanol–water partition coefficient (Wildman–Crippen LogP) is 4.84. The normalized spacial score (nSPS) is 17.6. The summed E-state index contributed by atoms with van der Waals surface area (Å²) in [6.45, 7) is 4.62. The van der Waals surface area contributed by atoms with Gasteiger partial charge < -0.3 is 15.0 Å². The average molecular weight is 499 g/mol. The van der Waals surface area contributed by atoms with Crippen LogP contribution in [-0.4, -0.2) is 59.5 Å². The molecule has 0 bridgehead atoms. The number of carbonyl (C=O) groups excluding carboxylic acids is 2. The molecule has 0 atom stereocenters. The van der Waals surface area contributed by atoms with E-state index in [1.807, 2.05) is 31.2 Å². The maximum absolute atomic E-state index is 12.5. The lowest BCUT2D eigenvalue weighted by atomic mass is 10.0. The minimum absolute atomic E-state index is 0.142. The number of amides is 3. The van der Waals surface area contributed by atoms with Crippen molar-refractivity contribution in [1.29, 1.82) is 0 Å². The zero-order chi connectivity index (χ0) is 23.8. The number of imide groups is 1. The van der Waals surface area contributed by atoms with E-state index in [1.165, 1.54) is 4.90 Å². The summed E-state index contributed by atoms with van der Waals surface area (Å²) >= 11 is 8.03. The van der Waals surface area contributed by atoms with Crippen LogP contribution >= 0.6 is 22.9 Å². The summed E-state index contributed by atoms with van der Waals surface area (Å²) in [7, 11) is 1.72. The summed E-state index contributed by atoms with van der Waals surface area (Å²) in [5.41, 5.74) is 3.75. The Balaban J connectivity index is 1.53. The van der Waals surface area contributed by atoms with Gasteiger partial charge in [-0.1, -0.05) is 11.6 Å². The highest BCUT2D eigenvalue weighted by molar-refractivity contribution is 7.19. The van der Waals surface area contributed by atoms with Crippen molar-refractivity contribution < 1.29 is 14.3 Å². The van der Waals surface area contributed by atoms with Crippen molar-refractivity contribution in [3.63, 3.8) is 0 Å². The Kier molecular flexibility index (Phi) is 6.46. The average Bonchev–Trinajstić information content (AvgIpc) is 3.24. The number of carbonyl (C=O) groups is 2. The van der Waals surface area contributed by atoms with Gasteiger partial charge in [-0.3, -0.25) is 14.7 Å². The number of rotatable bonds is 5. The molecule has 2 aliphatic heterocycles. The van der Waals surface area contributed by atoms with Crippen molar-refractivity contribution >= 4 is 45.1 Å². The van der Waals surface area contributed by atoms with E-state index in [9.17, 15) is 9.59 Å². The molecular weight excluding hydrogens is 472 g/mol. The monoisotopic (exact) mass is 498 g/mol. The quantitative estimate of drug-likeness (QED) is 0.544. The standard InChI is InChI=1S/C25H27ClN4O3S/c1-15-11-16(26)12-20(23(15)33-17-3-7-27-8-4-17)19-5-9-28-21-13-18(34-24(19)21)14-30-22(31)6-10-29(2)25(30)32/h5,9,11-13,17,27H,3-4,6-8,10,14H2,1-2H3. The molecule has 0 saturated carbocycles. The zero-order valence-corrected chi connectivity index (χ0v) is 20.8. The number of nitrogens with one attached hydrogen (secondary N) is 1. The van der Waals surface area contributed by atoms with Crippen molar-refractivity contribution in [2.75, 3.05) is 26.7 Å². The first-order valence-corrected chi connectivity index (χ1v) is 12.7. The molecule has 9 heteroatoms. The molecule has 0 aliphatic carbocycles. The first-order chi connectivity index (χ1) is 16.4. The zero-order valence-electron chi connectivity index (χ0n) is 19.3. The highest BCUT2D eigenvalue weighted by atomic mass is 35.5. The fraction of sp³-hybridized carbons (Fsp3) is 0.400. The number of fused-ring (bicyclic) bond motifs is 1. The second kappa shape index (κ2) is 9.52. The molecule has 2 fully saturated rings. The Bertz CT molecular complexity index is 1250. The third-order valence-corrected chi connectivity index (χ3v) is 7.76. The number of ether oxygens (including phenoxy) is 1. The second-order valence-corrected chi connectivity index (χ2v) is 10.5. The van der Waals surface area contributed by atoms with Gasteiger partial charge in [0.2, 0.25) is 5.91 Å². The Morgan fingerprint density at radius 3 is 2.79 bits per heavy atom. The number of aromatic nitrogens is 1. The number of pyridine rings is 1. The van der Waals surface area contributed by atoms with E-state index in [1.54, 1.807) is 29.5 Å². The van der Waals surface area contributed by atoms with E-state index in [0.29, 0.717) is 18.0 Å². The summed E-state index contributed by atoms with van der Waals surface area (Å²) in [4.78, 5) is 33.3. The number of hydrogen-bond acceptors (Lipinski definition) is 6. The molecule has 0 unspecified atom stereocenters. The number of urea groups is 1. The SMILES string of the molecule is Cc1cc(Cl)cc(-c2ccnc3cc(CN4C(=O)CCN(C)C4=O)sc23)c1OC1CCNCC1. The highest BCUT2D eigenvalue weighted by Crippen LogP contribution is 2.42.